The molecule has 102 valence electrons. The van der Waals surface area contributed by atoms with Crippen molar-refractivity contribution >= 4 is 5.97 Å². The third-order valence-electron chi connectivity index (χ3n) is 4.17. The molecule has 1 aliphatic carbocycles. The normalized spacial score (nSPS) is 33.2. The van der Waals surface area contributed by atoms with Gasteiger partial charge in [0.2, 0.25) is 0 Å². The first-order valence-corrected chi connectivity index (χ1v) is 6.74. The summed E-state index contributed by atoms with van der Waals surface area (Å²) in [4.78, 5) is 11.3. The maximum absolute atomic E-state index is 11.3. The summed E-state index contributed by atoms with van der Waals surface area (Å²) < 4.78 is 11.2. The van der Waals surface area contributed by atoms with Gasteiger partial charge in [-0.15, -0.1) is 0 Å². The molecule has 3 rings (SSSR count). The van der Waals surface area contributed by atoms with E-state index in [4.69, 9.17) is 9.47 Å². The predicted molar refractivity (Wildman–Crippen MR) is 68.2 cm³/mol. The third kappa shape index (κ3) is 2.51. The highest BCUT2D eigenvalue weighted by Crippen LogP contribution is 2.42. The first kappa shape index (κ1) is 12.6. The number of carbonyl (C=O) groups is 1. The molecule has 2 aliphatic rings. The summed E-state index contributed by atoms with van der Waals surface area (Å²) in [5.41, 5.74) is 1.12. The molecule has 1 aromatic carbocycles. The number of rotatable bonds is 4. The van der Waals surface area contributed by atoms with Gasteiger partial charge in [0.25, 0.3) is 0 Å². The van der Waals surface area contributed by atoms with Gasteiger partial charge in [0.05, 0.1) is 19.1 Å². The smallest absolute Gasteiger partial charge is 0.306 e. The van der Waals surface area contributed by atoms with Crippen LogP contribution in [-0.4, -0.2) is 29.9 Å². The lowest BCUT2D eigenvalue weighted by Crippen LogP contribution is -2.26. The van der Waals surface area contributed by atoms with Crippen LogP contribution in [0.25, 0.3) is 0 Å². The van der Waals surface area contributed by atoms with Crippen molar-refractivity contribution in [2.45, 2.75) is 31.7 Å². The molecule has 4 atom stereocenters. The summed E-state index contributed by atoms with van der Waals surface area (Å²) in [5.74, 6) is -0.00612. The molecule has 19 heavy (non-hydrogen) atoms. The Labute approximate surface area is 112 Å². The van der Waals surface area contributed by atoms with E-state index in [0.717, 1.165) is 5.56 Å². The number of carbonyl (C=O) groups excluding carboxylic acids is 1. The molecule has 0 radical (unpaired) electrons. The van der Waals surface area contributed by atoms with E-state index in [1.807, 2.05) is 30.3 Å². The third-order valence-corrected chi connectivity index (χ3v) is 4.17. The molecule has 1 heterocycles. The van der Waals surface area contributed by atoms with E-state index >= 15 is 0 Å². The fourth-order valence-corrected chi connectivity index (χ4v) is 3.18. The number of hydrogen-bond donors (Lipinski definition) is 1. The molecule has 0 spiro atoms. The maximum Gasteiger partial charge on any atom is 0.306 e. The van der Waals surface area contributed by atoms with E-state index in [-0.39, 0.29) is 36.6 Å². The molecule has 1 aliphatic heterocycles. The largest absolute Gasteiger partial charge is 0.462 e. The monoisotopic (exact) mass is 262 g/mol. The first-order valence-electron chi connectivity index (χ1n) is 6.74. The fourth-order valence-electron chi connectivity index (χ4n) is 3.18. The SMILES string of the molecule is O=C1C[C@@H]2C(CO)[C@H](OCc3ccccc3)C[C@@H]2O1. The van der Waals surface area contributed by atoms with Crippen LogP contribution in [0.3, 0.4) is 0 Å². The van der Waals surface area contributed by atoms with Crippen molar-refractivity contribution in [2.75, 3.05) is 6.61 Å². The Morgan fingerprint density at radius 2 is 2.11 bits per heavy atom. The Balaban J connectivity index is 1.61. The number of aliphatic hydroxyl groups is 1. The number of esters is 1. The second-order valence-corrected chi connectivity index (χ2v) is 5.31. The van der Waals surface area contributed by atoms with Crippen molar-refractivity contribution in [3.8, 4) is 0 Å². The van der Waals surface area contributed by atoms with Crippen LogP contribution in [0, 0.1) is 11.8 Å². The van der Waals surface area contributed by atoms with E-state index in [1.54, 1.807) is 0 Å². The molecule has 4 nitrogen and oxygen atoms in total. The van der Waals surface area contributed by atoms with Crippen molar-refractivity contribution in [2.24, 2.45) is 11.8 Å². The van der Waals surface area contributed by atoms with Crippen LogP contribution in [0.15, 0.2) is 30.3 Å². The Bertz CT molecular complexity index is 445. The Morgan fingerprint density at radius 1 is 1.32 bits per heavy atom. The standard InChI is InChI=1S/C15H18O4/c16-8-12-11-6-15(17)19-14(11)7-13(12)18-9-10-4-2-1-3-5-10/h1-5,11-14,16H,6-9H2/t11-,12?,13-,14+/m1/s1. The summed E-state index contributed by atoms with van der Waals surface area (Å²) in [5, 5.41) is 9.52. The molecule has 1 N–H and O–H groups in total. The molecular weight excluding hydrogens is 244 g/mol. The minimum atomic E-state index is -0.144. The highest BCUT2D eigenvalue weighted by atomic mass is 16.6. The van der Waals surface area contributed by atoms with Crippen molar-refractivity contribution in [1.82, 2.24) is 0 Å². The average molecular weight is 262 g/mol. The second kappa shape index (κ2) is 5.31. The number of aliphatic hydroxyl groups excluding tert-OH is 1. The van der Waals surface area contributed by atoms with E-state index in [9.17, 15) is 9.90 Å². The van der Waals surface area contributed by atoms with Gasteiger partial charge in [0, 0.05) is 24.9 Å². The van der Waals surface area contributed by atoms with Gasteiger partial charge in [0.1, 0.15) is 6.10 Å². The van der Waals surface area contributed by atoms with Gasteiger partial charge in [-0.1, -0.05) is 30.3 Å². The molecule has 2 fully saturated rings. The lowest BCUT2D eigenvalue weighted by molar-refractivity contribution is -0.142. The first-order chi connectivity index (χ1) is 9.28. The van der Waals surface area contributed by atoms with Gasteiger partial charge in [-0.25, -0.2) is 0 Å². The molecule has 0 aromatic heterocycles. The van der Waals surface area contributed by atoms with Crippen LogP contribution < -0.4 is 0 Å². The summed E-state index contributed by atoms with van der Waals surface area (Å²) in [6.07, 6.45) is 1.04. The van der Waals surface area contributed by atoms with Crippen molar-refractivity contribution in [3.05, 3.63) is 35.9 Å². The number of benzene rings is 1. The summed E-state index contributed by atoms with van der Waals surface area (Å²) in [7, 11) is 0. The van der Waals surface area contributed by atoms with Crippen LogP contribution >= 0.6 is 0 Å². The zero-order valence-electron chi connectivity index (χ0n) is 10.7. The second-order valence-electron chi connectivity index (χ2n) is 5.31. The van der Waals surface area contributed by atoms with Gasteiger partial charge in [-0.3, -0.25) is 4.79 Å². The van der Waals surface area contributed by atoms with Gasteiger partial charge in [-0.05, 0) is 5.56 Å². The van der Waals surface area contributed by atoms with E-state index in [1.165, 1.54) is 0 Å². The number of hydrogen-bond acceptors (Lipinski definition) is 4. The van der Waals surface area contributed by atoms with Crippen LogP contribution in [-0.2, 0) is 20.9 Å². The molecular formula is C15H18O4. The van der Waals surface area contributed by atoms with Crippen LogP contribution in [0.1, 0.15) is 18.4 Å². The molecule has 0 amide bonds. The minimum absolute atomic E-state index is 0.0140. The molecule has 1 saturated carbocycles. The maximum atomic E-state index is 11.3. The quantitative estimate of drug-likeness (QED) is 0.836. The van der Waals surface area contributed by atoms with Gasteiger partial charge < -0.3 is 14.6 Å². The Hall–Kier alpha value is -1.39. The lowest BCUT2D eigenvalue weighted by atomic mass is 9.93. The van der Waals surface area contributed by atoms with Gasteiger partial charge in [-0.2, -0.15) is 0 Å². The zero-order valence-corrected chi connectivity index (χ0v) is 10.7. The van der Waals surface area contributed by atoms with Gasteiger partial charge in [0.15, 0.2) is 0 Å². The predicted octanol–water partition coefficient (Wildman–Crippen LogP) is 1.52. The van der Waals surface area contributed by atoms with Crippen LogP contribution in [0.5, 0.6) is 0 Å². The van der Waals surface area contributed by atoms with E-state index < -0.39 is 0 Å². The topological polar surface area (TPSA) is 55.8 Å². The molecule has 1 unspecified atom stereocenters. The molecule has 1 aromatic rings. The molecule has 0 bridgehead atoms. The molecule has 4 heteroatoms. The Morgan fingerprint density at radius 3 is 2.84 bits per heavy atom. The number of ether oxygens (including phenoxy) is 2. The average Bonchev–Trinajstić information content (AvgIpc) is 2.92. The summed E-state index contributed by atoms with van der Waals surface area (Å²) in [6.45, 7) is 0.590. The van der Waals surface area contributed by atoms with Gasteiger partial charge >= 0.3 is 5.97 Å². The fraction of sp³-hybridized carbons (Fsp3) is 0.533. The van der Waals surface area contributed by atoms with Crippen molar-refractivity contribution in [3.63, 3.8) is 0 Å². The zero-order chi connectivity index (χ0) is 13.2. The number of fused-ring (bicyclic) bond motifs is 1. The lowest BCUT2D eigenvalue weighted by Gasteiger charge is -2.21. The van der Waals surface area contributed by atoms with Crippen molar-refractivity contribution < 1.29 is 19.4 Å². The summed E-state index contributed by atoms with van der Waals surface area (Å²) in [6, 6.07) is 9.97. The summed E-state index contributed by atoms with van der Waals surface area (Å²) >= 11 is 0. The van der Waals surface area contributed by atoms with Crippen LogP contribution in [0.4, 0.5) is 0 Å². The minimum Gasteiger partial charge on any atom is -0.462 e. The van der Waals surface area contributed by atoms with E-state index in [0.29, 0.717) is 19.4 Å². The Kier molecular flexibility index (Phi) is 3.53. The van der Waals surface area contributed by atoms with Crippen LogP contribution in [0.2, 0.25) is 0 Å². The molecule has 1 saturated heterocycles. The highest BCUT2D eigenvalue weighted by Gasteiger charge is 2.50. The van der Waals surface area contributed by atoms with E-state index in [2.05, 4.69) is 0 Å². The van der Waals surface area contributed by atoms with Crippen molar-refractivity contribution in [1.29, 1.82) is 0 Å². The highest BCUT2D eigenvalue weighted by molar-refractivity contribution is 5.72.